The summed E-state index contributed by atoms with van der Waals surface area (Å²) in [5, 5.41) is 8.35. The van der Waals surface area contributed by atoms with E-state index < -0.39 is 0 Å². The maximum absolute atomic E-state index is 10.8. The van der Waals surface area contributed by atoms with Crippen molar-refractivity contribution in [3.8, 4) is 11.3 Å². The molecule has 0 spiro atoms. The molecule has 0 aliphatic rings. The molecule has 17 heavy (non-hydrogen) atoms. The van der Waals surface area contributed by atoms with Gasteiger partial charge in [-0.1, -0.05) is 29.8 Å². The largest absolute Gasteiger partial charge is 0.298 e. The van der Waals surface area contributed by atoms with Gasteiger partial charge in [0.2, 0.25) is 0 Å². The van der Waals surface area contributed by atoms with Gasteiger partial charge in [-0.3, -0.25) is 4.79 Å². The Hall–Kier alpha value is -1.68. The Morgan fingerprint density at radius 1 is 1.47 bits per heavy atom. The Labute approximate surface area is 104 Å². The number of carbonyl (C=O) groups excluding carboxylic acids is 1. The van der Waals surface area contributed by atoms with Crippen LogP contribution in [-0.4, -0.2) is 21.3 Å². The molecule has 0 unspecified atom stereocenters. The van der Waals surface area contributed by atoms with E-state index in [0.29, 0.717) is 10.6 Å². The predicted molar refractivity (Wildman–Crippen MR) is 66.1 cm³/mol. The maximum atomic E-state index is 10.8. The molecule has 0 fully saturated rings. The maximum Gasteiger partial charge on any atom is 0.151 e. The third-order valence-corrected chi connectivity index (χ3v) is 2.82. The van der Waals surface area contributed by atoms with Gasteiger partial charge < -0.3 is 0 Å². The number of benzene rings is 1. The first-order chi connectivity index (χ1) is 8.26. The van der Waals surface area contributed by atoms with Crippen molar-refractivity contribution in [2.45, 2.75) is 19.9 Å². The fourth-order valence-electron chi connectivity index (χ4n) is 1.65. The fraction of sp³-hybridized carbons (Fsp3) is 0.250. The van der Waals surface area contributed by atoms with E-state index in [9.17, 15) is 4.79 Å². The lowest BCUT2D eigenvalue weighted by Gasteiger charge is -2.05. The summed E-state index contributed by atoms with van der Waals surface area (Å²) in [5.74, 6) is 0. The second-order valence-electron chi connectivity index (χ2n) is 3.70. The van der Waals surface area contributed by atoms with Gasteiger partial charge in [0, 0.05) is 17.7 Å². The van der Waals surface area contributed by atoms with E-state index in [4.69, 9.17) is 11.6 Å². The summed E-state index contributed by atoms with van der Waals surface area (Å²) in [6.07, 6.45) is 3.41. The van der Waals surface area contributed by atoms with Crippen molar-refractivity contribution in [1.29, 1.82) is 0 Å². The molecule has 0 aliphatic carbocycles. The van der Waals surface area contributed by atoms with Crippen molar-refractivity contribution in [2.75, 3.05) is 0 Å². The molecule has 1 aromatic heterocycles. The summed E-state index contributed by atoms with van der Waals surface area (Å²) in [6, 6.07) is 5.32. The lowest BCUT2D eigenvalue weighted by atomic mass is 10.1. The Morgan fingerprint density at radius 2 is 2.29 bits per heavy atom. The summed E-state index contributed by atoms with van der Waals surface area (Å²) >= 11 is 5.89. The highest BCUT2D eigenvalue weighted by Crippen LogP contribution is 2.23. The molecule has 1 aromatic carbocycles. The van der Waals surface area contributed by atoms with E-state index in [1.165, 1.54) is 0 Å². The van der Waals surface area contributed by atoms with Crippen LogP contribution < -0.4 is 0 Å². The number of carbonyl (C=O) groups is 1. The monoisotopic (exact) mass is 249 g/mol. The van der Waals surface area contributed by atoms with Gasteiger partial charge in [0.05, 0.1) is 16.9 Å². The molecule has 4 nitrogen and oxygen atoms in total. The van der Waals surface area contributed by atoms with E-state index in [1.807, 2.05) is 10.7 Å². The molecular weight excluding hydrogens is 238 g/mol. The first-order valence-corrected chi connectivity index (χ1v) is 5.77. The molecule has 88 valence electrons. The van der Waals surface area contributed by atoms with Crippen LogP contribution in [-0.2, 0) is 6.54 Å². The zero-order chi connectivity index (χ0) is 12.3. The van der Waals surface area contributed by atoms with Crippen LogP contribution in [0.3, 0.4) is 0 Å². The third kappa shape index (κ3) is 2.36. The molecule has 0 bridgehead atoms. The number of aryl methyl sites for hydroxylation is 1. The SMILES string of the molecule is CCCn1nncc1-c1ccc(Cl)c(C=O)c1. The van der Waals surface area contributed by atoms with E-state index >= 15 is 0 Å². The van der Waals surface area contributed by atoms with Crippen LogP contribution in [0.5, 0.6) is 0 Å². The van der Waals surface area contributed by atoms with E-state index in [2.05, 4.69) is 17.2 Å². The van der Waals surface area contributed by atoms with Crippen molar-refractivity contribution in [3.63, 3.8) is 0 Å². The lowest BCUT2D eigenvalue weighted by Crippen LogP contribution is -2.01. The predicted octanol–water partition coefficient (Wildman–Crippen LogP) is 2.82. The quantitative estimate of drug-likeness (QED) is 0.783. The Bertz CT molecular complexity index is 536. The lowest BCUT2D eigenvalue weighted by molar-refractivity contribution is 0.112. The number of rotatable bonds is 4. The molecular formula is C12H12ClN3O. The van der Waals surface area contributed by atoms with Gasteiger partial charge in [0.15, 0.2) is 6.29 Å². The second-order valence-corrected chi connectivity index (χ2v) is 4.10. The summed E-state index contributed by atoms with van der Waals surface area (Å²) in [7, 11) is 0. The fourth-order valence-corrected chi connectivity index (χ4v) is 1.81. The van der Waals surface area contributed by atoms with Crippen LogP contribution >= 0.6 is 11.6 Å². The minimum atomic E-state index is 0.457. The topological polar surface area (TPSA) is 47.8 Å². The van der Waals surface area contributed by atoms with E-state index in [-0.39, 0.29) is 0 Å². The van der Waals surface area contributed by atoms with Crippen LogP contribution in [0.4, 0.5) is 0 Å². The van der Waals surface area contributed by atoms with Crippen molar-refractivity contribution >= 4 is 17.9 Å². The molecule has 1 heterocycles. The summed E-state index contributed by atoms with van der Waals surface area (Å²) in [5.41, 5.74) is 2.27. The molecule has 0 aliphatic heterocycles. The third-order valence-electron chi connectivity index (χ3n) is 2.47. The smallest absolute Gasteiger partial charge is 0.151 e. The highest BCUT2D eigenvalue weighted by molar-refractivity contribution is 6.33. The normalized spacial score (nSPS) is 10.5. The number of nitrogens with zero attached hydrogens (tertiary/aromatic N) is 3. The number of halogens is 1. The standard InChI is InChI=1S/C12H12ClN3O/c1-2-5-16-12(7-14-15-16)9-3-4-11(13)10(6-9)8-17/h3-4,6-8H,2,5H2,1H3. The number of aromatic nitrogens is 3. The Balaban J connectivity index is 2.45. The van der Waals surface area contributed by atoms with Gasteiger partial charge in [0.1, 0.15) is 0 Å². The zero-order valence-corrected chi connectivity index (χ0v) is 10.2. The van der Waals surface area contributed by atoms with Crippen molar-refractivity contribution in [3.05, 3.63) is 35.0 Å². The van der Waals surface area contributed by atoms with Gasteiger partial charge in [-0.05, 0) is 18.6 Å². The minimum Gasteiger partial charge on any atom is -0.298 e. The summed E-state index contributed by atoms with van der Waals surface area (Å²) in [6.45, 7) is 2.87. The van der Waals surface area contributed by atoms with Crippen LogP contribution in [0.2, 0.25) is 5.02 Å². The van der Waals surface area contributed by atoms with Crippen molar-refractivity contribution < 1.29 is 4.79 Å². The molecule has 0 saturated carbocycles. The van der Waals surface area contributed by atoms with Gasteiger partial charge in [-0.2, -0.15) is 0 Å². The first-order valence-electron chi connectivity index (χ1n) is 5.40. The average molecular weight is 250 g/mol. The molecule has 0 N–H and O–H groups in total. The van der Waals surface area contributed by atoms with Crippen molar-refractivity contribution in [2.24, 2.45) is 0 Å². The molecule has 0 radical (unpaired) electrons. The Morgan fingerprint density at radius 3 is 3.00 bits per heavy atom. The van der Waals surface area contributed by atoms with E-state index in [0.717, 1.165) is 30.5 Å². The van der Waals surface area contributed by atoms with Gasteiger partial charge in [-0.15, -0.1) is 5.10 Å². The van der Waals surface area contributed by atoms with Crippen molar-refractivity contribution in [1.82, 2.24) is 15.0 Å². The highest BCUT2D eigenvalue weighted by atomic mass is 35.5. The second kappa shape index (κ2) is 5.10. The van der Waals surface area contributed by atoms with Crippen LogP contribution in [0, 0.1) is 0 Å². The average Bonchev–Trinajstić information content (AvgIpc) is 2.78. The van der Waals surface area contributed by atoms with Gasteiger partial charge in [0.25, 0.3) is 0 Å². The number of hydrogen-bond donors (Lipinski definition) is 0. The summed E-state index contributed by atoms with van der Waals surface area (Å²) in [4.78, 5) is 10.8. The number of aldehydes is 1. The van der Waals surface area contributed by atoms with Crippen LogP contribution in [0.15, 0.2) is 24.4 Å². The molecule has 2 aromatic rings. The van der Waals surface area contributed by atoms with Gasteiger partial charge in [-0.25, -0.2) is 4.68 Å². The Kier molecular flexibility index (Phi) is 3.54. The van der Waals surface area contributed by atoms with Crippen LogP contribution in [0.25, 0.3) is 11.3 Å². The molecule has 0 atom stereocenters. The van der Waals surface area contributed by atoms with Gasteiger partial charge >= 0.3 is 0 Å². The van der Waals surface area contributed by atoms with E-state index in [1.54, 1.807) is 18.3 Å². The first kappa shape index (κ1) is 11.8. The molecule has 2 rings (SSSR count). The molecule has 0 saturated heterocycles. The summed E-state index contributed by atoms with van der Waals surface area (Å²) < 4.78 is 1.82. The number of hydrogen-bond acceptors (Lipinski definition) is 3. The highest BCUT2D eigenvalue weighted by Gasteiger charge is 2.08. The molecule has 0 amide bonds. The molecule has 5 heteroatoms. The minimum absolute atomic E-state index is 0.457. The van der Waals surface area contributed by atoms with Crippen LogP contribution in [0.1, 0.15) is 23.7 Å². The zero-order valence-electron chi connectivity index (χ0n) is 9.43.